The zero-order valence-corrected chi connectivity index (χ0v) is 17.8. The van der Waals surface area contributed by atoms with E-state index in [1.54, 1.807) is 0 Å². The van der Waals surface area contributed by atoms with Crippen LogP contribution < -0.4 is 0 Å². The van der Waals surface area contributed by atoms with Gasteiger partial charge in [0.05, 0.1) is 0 Å². The molecule has 4 rings (SSSR count). The van der Waals surface area contributed by atoms with Crippen molar-refractivity contribution in [3.05, 3.63) is 23.8 Å². The first kappa shape index (κ1) is 17.9. The molecular formula is C22H29IO2. The summed E-state index contributed by atoms with van der Waals surface area (Å²) in [6.45, 7) is 11.0. The van der Waals surface area contributed by atoms with E-state index in [-0.39, 0.29) is 26.0 Å². The number of ketones is 2. The van der Waals surface area contributed by atoms with Gasteiger partial charge in [-0.25, -0.2) is 0 Å². The van der Waals surface area contributed by atoms with Crippen LogP contribution in [0.25, 0.3) is 0 Å². The molecule has 3 fully saturated rings. The summed E-state index contributed by atoms with van der Waals surface area (Å²) in [6, 6.07) is 0. The number of carbonyl (C=O) groups is 2. The van der Waals surface area contributed by atoms with E-state index in [1.807, 2.05) is 6.08 Å². The maximum absolute atomic E-state index is 13.5. The molecule has 0 aromatic heterocycles. The highest BCUT2D eigenvalue weighted by molar-refractivity contribution is 14.1. The van der Waals surface area contributed by atoms with E-state index in [0.29, 0.717) is 30.5 Å². The molecule has 4 aliphatic rings. The summed E-state index contributed by atoms with van der Waals surface area (Å²) in [6.07, 6.45) is 8.46. The molecular weight excluding hydrogens is 423 g/mol. The Morgan fingerprint density at radius 2 is 1.92 bits per heavy atom. The summed E-state index contributed by atoms with van der Waals surface area (Å²) >= 11 is 2.75. The van der Waals surface area contributed by atoms with Crippen LogP contribution in [0.5, 0.6) is 0 Å². The van der Waals surface area contributed by atoms with Crippen LogP contribution in [-0.2, 0) is 9.59 Å². The lowest BCUT2D eigenvalue weighted by atomic mass is 9.46. The zero-order chi connectivity index (χ0) is 18.2. The van der Waals surface area contributed by atoms with Gasteiger partial charge in [0.25, 0.3) is 0 Å². The summed E-state index contributed by atoms with van der Waals surface area (Å²) in [5, 5.41) is 0. The first-order valence-electron chi connectivity index (χ1n) is 9.74. The lowest BCUT2D eigenvalue weighted by molar-refractivity contribution is -0.142. The third-order valence-corrected chi connectivity index (χ3v) is 10.9. The fourth-order valence-electron chi connectivity index (χ4n) is 7.07. The molecule has 3 saturated carbocycles. The number of alkyl halides is 1. The quantitative estimate of drug-likeness (QED) is 0.301. The zero-order valence-electron chi connectivity index (χ0n) is 15.7. The molecule has 0 aromatic carbocycles. The van der Waals surface area contributed by atoms with Gasteiger partial charge < -0.3 is 0 Å². The van der Waals surface area contributed by atoms with Gasteiger partial charge >= 0.3 is 0 Å². The molecule has 1 unspecified atom stereocenters. The first-order valence-corrected chi connectivity index (χ1v) is 10.8. The molecule has 0 heterocycles. The molecule has 2 nitrogen and oxygen atoms in total. The maximum Gasteiger partial charge on any atom is 0.155 e. The molecule has 0 radical (unpaired) electrons. The molecule has 4 aliphatic carbocycles. The van der Waals surface area contributed by atoms with Crippen LogP contribution in [0.2, 0.25) is 0 Å². The van der Waals surface area contributed by atoms with Gasteiger partial charge in [-0.05, 0) is 67.8 Å². The van der Waals surface area contributed by atoms with Crippen molar-refractivity contribution in [2.45, 2.75) is 69.1 Å². The van der Waals surface area contributed by atoms with Gasteiger partial charge in [0.2, 0.25) is 0 Å². The van der Waals surface area contributed by atoms with Gasteiger partial charge in [-0.3, -0.25) is 9.59 Å². The van der Waals surface area contributed by atoms with E-state index >= 15 is 0 Å². The Morgan fingerprint density at radius 3 is 2.60 bits per heavy atom. The Kier molecular flexibility index (Phi) is 3.97. The van der Waals surface area contributed by atoms with Crippen molar-refractivity contribution in [1.29, 1.82) is 0 Å². The highest BCUT2D eigenvalue weighted by Crippen LogP contribution is 2.71. The number of Topliss-reactive ketones (excluding diaryl/α,β-unsaturated/α-hetero) is 1. The number of carbonyl (C=O) groups excluding carboxylic acids is 2. The molecule has 25 heavy (non-hydrogen) atoms. The van der Waals surface area contributed by atoms with Gasteiger partial charge in [-0.2, -0.15) is 0 Å². The van der Waals surface area contributed by atoms with Crippen molar-refractivity contribution in [2.24, 2.45) is 28.6 Å². The van der Waals surface area contributed by atoms with Gasteiger partial charge in [0.1, 0.15) is 5.78 Å². The highest BCUT2D eigenvalue weighted by atomic mass is 127. The second kappa shape index (κ2) is 5.53. The van der Waals surface area contributed by atoms with Gasteiger partial charge in [0, 0.05) is 22.2 Å². The van der Waals surface area contributed by atoms with Crippen molar-refractivity contribution in [3.8, 4) is 0 Å². The first-order chi connectivity index (χ1) is 11.6. The number of hydrogen-bond donors (Lipinski definition) is 0. The molecule has 0 bridgehead atoms. The summed E-state index contributed by atoms with van der Waals surface area (Å²) < 4.78 is 0.183. The second-order valence-electron chi connectivity index (χ2n) is 9.54. The molecule has 136 valence electrons. The Balaban J connectivity index is 1.80. The molecule has 0 saturated heterocycles. The van der Waals surface area contributed by atoms with Gasteiger partial charge in [-0.15, -0.1) is 0 Å². The largest absolute Gasteiger partial charge is 0.299 e. The normalized spacial score (nSPS) is 49.1. The summed E-state index contributed by atoms with van der Waals surface area (Å²) in [7, 11) is 0. The predicted molar refractivity (Wildman–Crippen MR) is 109 cm³/mol. The molecule has 6 atom stereocenters. The van der Waals surface area contributed by atoms with Crippen LogP contribution >= 0.6 is 22.6 Å². The summed E-state index contributed by atoms with van der Waals surface area (Å²) in [5.74, 6) is 1.72. The molecule has 0 aliphatic heterocycles. The average molecular weight is 452 g/mol. The minimum absolute atomic E-state index is 0.0414. The third-order valence-electron chi connectivity index (χ3n) is 8.36. The van der Waals surface area contributed by atoms with E-state index < -0.39 is 0 Å². The lowest BCUT2D eigenvalue weighted by Crippen LogP contribution is -2.61. The Bertz CT molecular complexity index is 707. The number of allylic oxidation sites excluding steroid dienone is 2. The Hall–Kier alpha value is -0.450. The standard InChI is InChI=1S/C22H29IO2/c1-13(2)16-8-10-22(23)17-6-5-14-11-15(24)7-9-20(14,3)19(17)18(25)12-21(16,22)4/h11,16-17,19H,1,5-10,12H2,2-4H3/t16-,17-,19?,20+,21-,22+/m1/s1. The van der Waals surface area contributed by atoms with Crippen LogP contribution in [0.1, 0.15) is 65.7 Å². The van der Waals surface area contributed by atoms with Crippen molar-refractivity contribution in [3.63, 3.8) is 0 Å². The molecule has 0 amide bonds. The van der Waals surface area contributed by atoms with E-state index in [9.17, 15) is 9.59 Å². The minimum atomic E-state index is -0.0886. The van der Waals surface area contributed by atoms with Crippen LogP contribution in [-0.4, -0.2) is 15.0 Å². The lowest BCUT2D eigenvalue weighted by Gasteiger charge is -2.60. The Labute approximate surface area is 165 Å². The van der Waals surface area contributed by atoms with Crippen molar-refractivity contribution >= 4 is 34.2 Å². The molecule has 3 heteroatoms. The Morgan fingerprint density at radius 1 is 1.20 bits per heavy atom. The van der Waals surface area contributed by atoms with Crippen LogP contribution in [0.4, 0.5) is 0 Å². The summed E-state index contributed by atoms with van der Waals surface area (Å²) in [4.78, 5) is 25.4. The van der Waals surface area contributed by atoms with E-state index in [2.05, 4.69) is 49.9 Å². The van der Waals surface area contributed by atoms with E-state index in [1.165, 1.54) is 24.0 Å². The highest BCUT2D eigenvalue weighted by Gasteiger charge is 2.68. The summed E-state index contributed by atoms with van der Waals surface area (Å²) in [5.41, 5.74) is 2.46. The number of hydrogen-bond acceptors (Lipinski definition) is 2. The predicted octanol–water partition coefficient (Wildman–Crippen LogP) is 5.45. The maximum atomic E-state index is 13.5. The number of rotatable bonds is 1. The molecule has 0 spiro atoms. The van der Waals surface area contributed by atoms with Crippen LogP contribution in [0, 0.1) is 28.6 Å². The van der Waals surface area contributed by atoms with Crippen molar-refractivity contribution in [2.75, 3.05) is 0 Å². The topological polar surface area (TPSA) is 34.1 Å². The SMILES string of the molecule is C=C(C)[C@H]1CC[C@]2(I)[C@@H]3CCC4=CC(=O)CC[C@]4(C)C3C(=O)C[C@]12C. The molecule has 0 aromatic rings. The van der Waals surface area contributed by atoms with Gasteiger partial charge in [0.15, 0.2) is 5.78 Å². The van der Waals surface area contributed by atoms with Crippen molar-refractivity contribution in [1.82, 2.24) is 0 Å². The van der Waals surface area contributed by atoms with Gasteiger partial charge in [-0.1, -0.05) is 54.2 Å². The average Bonchev–Trinajstić information content (AvgIpc) is 2.79. The molecule has 0 N–H and O–H groups in total. The monoisotopic (exact) mass is 452 g/mol. The van der Waals surface area contributed by atoms with Crippen LogP contribution in [0.3, 0.4) is 0 Å². The smallest absolute Gasteiger partial charge is 0.155 e. The number of fused-ring (bicyclic) bond motifs is 5. The van der Waals surface area contributed by atoms with Crippen LogP contribution in [0.15, 0.2) is 23.8 Å². The second-order valence-corrected chi connectivity index (χ2v) is 11.5. The number of halogens is 1. The third kappa shape index (κ3) is 2.20. The fraction of sp³-hybridized carbons (Fsp3) is 0.727. The van der Waals surface area contributed by atoms with Crippen molar-refractivity contribution < 1.29 is 9.59 Å². The fourth-order valence-corrected chi connectivity index (χ4v) is 8.62. The minimum Gasteiger partial charge on any atom is -0.299 e. The van der Waals surface area contributed by atoms with E-state index in [4.69, 9.17) is 0 Å². The van der Waals surface area contributed by atoms with E-state index in [0.717, 1.165) is 19.3 Å².